The van der Waals surface area contributed by atoms with Gasteiger partial charge in [-0.05, 0) is 36.2 Å². The Morgan fingerprint density at radius 3 is 2.28 bits per heavy atom. The van der Waals surface area contributed by atoms with Gasteiger partial charge in [0.1, 0.15) is 11.6 Å². The highest BCUT2D eigenvalue weighted by atomic mass is 16.5. The van der Waals surface area contributed by atoms with E-state index in [-0.39, 0.29) is 37.8 Å². The highest BCUT2D eigenvalue weighted by molar-refractivity contribution is 6.35. The summed E-state index contributed by atoms with van der Waals surface area (Å²) in [6, 6.07) is 12.3. The molecule has 3 rings (SSSR count). The van der Waals surface area contributed by atoms with Gasteiger partial charge in [-0.1, -0.05) is 24.3 Å². The highest BCUT2D eigenvalue weighted by Crippen LogP contribution is 2.28. The summed E-state index contributed by atoms with van der Waals surface area (Å²) in [5.74, 6) is -2.31. The molecule has 1 atom stereocenters. The maximum atomic E-state index is 12.9. The number of carbonyl (C=O) groups is 4. The number of carboxylic acids is 1. The summed E-state index contributed by atoms with van der Waals surface area (Å²) in [7, 11) is 1.52. The van der Waals surface area contributed by atoms with Gasteiger partial charge in [0.25, 0.3) is 5.91 Å². The van der Waals surface area contributed by atoms with Crippen LogP contribution in [0.3, 0.4) is 0 Å². The van der Waals surface area contributed by atoms with E-state index in [0.717, 1.165) is 0 Å². The minimum Gasteiger partial charge on any atom is -0.497 e. The second-order valence-corrected chi connectivity index (χ2v) is 8.28. The van der Waals surface area contributed by atoms with E-state index < -0.39 is 23.8 Å². The van der Waals surface area contributed by atoms with Gasteiger partial charge in [-0.15, -0.1) is 0 Å². The van der Waals surface area contributed by atoms with Crippen molar-refractivity contribution in [1.82, 2.24) is 15.1 Å². The number of nitrogens with zero attached hydrogens (tertiary/aromatic N) is 2. The van der Waals surface area contributed by atoms with Crippen molar-refractivity contribution in [1.29, 1.82) is 5.41 Å². The van der Waals surface area contributed by atoms with E-state index in [4.69, 9.17) is 15.9 Å². The van der Waals surface area contributed by atoms with Crippen LogP contribution in [-0.4, -0.2) is 77.7 Å². The minimum absolute atomic E-state index is 0.0838. The third-order valence-corrected chi connectivity index (χ3v) is 5.94. The fourth-order valence-electron chi connectivity index (χ4n) is 3.97. The Bertz CT molecular complexity index is 1130. The summed E-state index contributed by atoms with van der Waals surface area (Å²) in [5, 5.41) is 19.5. The number of benzene rings is 2. The number of nitrogens with two attached hydrogens (primary N) is 1. The summed E-state index contributed by atoms with van der Waals surface area (Å²) in [4.78, 5) is 52.1. The summed E-state index contributed by atoms with van der Waals surface area (Å²) >= 11 is 0. The first kappa shape index (κ1) is 26.2. The molecule has 11 nitrogen and oxygen atoms in total. The molecule has 1 fully saturated rings. The maximum absolute atomic E-state index is 12.9. The molecule has 3 amide bonds. The van der Waals surface area contributed by atoms with E-state index in [1.807, 2.05) is 0 Å². The van der Waals surface area contributed by atoms with Crippen molar-refractivity contribution >= 4 is 29.5 Å². The van der Waals surface area contributed by atoms with Crippen LogP contribution >= 0.6 is 0 Å². The molecule has 1 aliphatic rings. The number of piperazine rings is 1. The molecule has 0 saturated carbocycles. The van der Waals surface area contributed by atoms with Gasteiger partial charge in [-0.2, -0.15) is 0 Å². The maximum Gasteiger partial charge on any atom is 0.312 e. The molecule has 0 aliphatic carbocycles. The van der Waals surface area contributed by atoms with Crippen molar-refractivity contribution in [2.45, 2.75) is 18.9 Å². The van der Waals surface area contributed by atoms with Crippen molar-refractivity contribution in [2.24, 2.45) is 5.73 Å². The molecule has 190 valence electrons. The Balaban J connectivity index is 1.54. The lowest BCUT2D eigenvalue weighted by Gasteiger charge is -2.38. The number of nitrogens with one attached hydrogen (secondary N) is 2. The molecule has 0 spiro atoms. The predicted molar refractivity (Wildman–Crippen MR) is 131 cm³/mol. The Morgan fingerprint density at radius 2 is 1.69 bits per heavy atom. The molecule has 1 saturated heterocycles. The first-order chi connectivity index (χ1) is 17.2. The molecule has 5 N–H and O–H groups in total. The van der Waals surface area contributed by atoms with Crippen molar-refractivity contribution in [3.8, 4) is 5.75 Å². The van der Waals surface area contributed by atoms with E-state index in [1.54, 1.807) is 48.5 Å². The zero-order valence-electron chi connectivity index (χ0n) is 19.9. The first-order valence-corrected chi connectivity index (χ1v) is 11.4. The number of ether oxygens (including phenoxy) is 1. The van der Waals surface area contributed by atoms with E-state index in [2.05, 4.69) is 5.32 Å². The average Bonchev–Trinajstić information content (AvgIpc) is 2.87. The number of methoxy groups -OCH3 is 1. The third-order valence-electron chi connectivity index (χ3n) is 5.94. The summed E-state index contributed by atoms with van der Waals surface area (Å²) in [6.45, 7) is 1.03. The number of aliphatic carboxylic acids is 1. The largest absolute Gasteiger partial charge is 0.497 e. The van der Waals surface area contributed by atoms with Crippen LogP contribution in [0.15, 0.2) is 48.5 Å². The molecule has 0 bridgehead atoms. The zero-order chi connectivity index (χ0) is 26.2. The van der Waals surface area contributed by atoms with Gasteiger partial charge in [0.2, 0.25) is 0 Å². The SMILES string of the molecule is COc1ccc(C(CC(=O)O)N2CCN(CCCNC(=O)c3ccc(C(=N)N)cc3)C(=O)C2=O)cc1. The fourth-order valence-corrected chi connectivity index (χ4v) is 3.97. The lowest BCUT2D eigenvalue weighted by Crippen LogP contribution is -2.55. The summed E-state index contributed by atoms with van der Waals surface area (Å²) < 4.78 is 5.13. The zero-order valence-corrected chi connectivity index (χ0v) is 19.9. The molecule has 1 heterocycles. The third kappa shape index (κ3) is 6.38. The second kappa shape index (κ2) is 11.8. The van der Waals surface area contributed by atoms with Crippen molar-refractivity contribution in [3.63, 3.8) is 0 Å². The Morgan fingerprint density at radius 1 is 1.06 bits per heavy atom. The van der Waals surface area contributed by atoms with Crippen LogP contribution in [0, 0.1) is 5.41 Å². The molecule has 11 heteroatoms. The molecular weight excluding hydrogens is 466 g/mol. The van der Waals surface area contributed by atoms with Gasteiger partial charge in [-0.3, -0.25) is 24.6 Å². The number of rotatable bonds is 11. The van der Waals surface area contributed by atoms with E-state index in [9.17, 15) is 24.3 Å². The minimum atomic E-state index is -1.08. The number of amides is 3. The average molecular weight is 496 g/mol. The summed E-state index contributed by atoms with van der Waals surface area (Å²) in [5.41, 5.74) is 6.95. The number of nitrogen functional groups attached to an aromatic ring is 1. The van der Waals surface area contributed by atoms with Gasteiger partial charge in [0.05, 0.1) is 19.6 Å². The van der Waals surface area contributed by atoms with Crippen molar-refractivity contribution in [3.05, 3.63) is 65.2 Å². The lowest BCUT2D eigenvalue weighted by molar-refractivity contribution is -0.159. The van der Waals surface area contributed by atoms with E-state index in [1.165, 1.54) is 16.9 Å². The van der Waals surface area contributed by atoms with Gasteiger partial charge in [-0.25, -0.2) is 0 Å². The smallest absolute Gasteiger partial charge is 0.312 e. The molecule has 1 unspecified atom stereocenters. The van der Waals surface area contributed by atoms with Crippen LogP contribution in [0.25, 0.3) is 0 Å². The van der Waals surface area contributed by atoms with Crippen molar-refractivity contribution in [2.75, 3.05) is 33.3 Å². The number of hydrogen-bond donors (Lipinski definition) is 4. The van der Waals surface area contributed by atoms with Crippen LogP contribution in [0.1, 0.15) is 40.4 Å². The van der Waals surface area contributed by atoms with Gasteiger partial charge < -0.3 is 30.7 Å². The quantitative estimate of drug-likeness (QED) is 0.156. The lowest BCUT2D eigenvalue weighted by atomic mass is 10.0. The second-order valence-electron chi connectivity index (χ2n) is 8.28. The van der Waals surface area contributed by atoms with Gasteiger partial charge in [0, 0.05) is 37.3 Å². The number of amidine groups is 1. The molecule has 2 aromatic carbocycles. The number of carboxylic acid groups (broad SMARTS) is 1. The fraction of sp³-hybridized carbons (Fsp3) is 0.320. The molecular formula is C25H29N5O6. The van der Waals surface area contributed by atoms with E-state index in [0.29, 0.717) is 35.4 Å². The topological polar surface area (TPSA) is 166 Å². The van der Waals surface area contributed by atoms with E-state index >= 15 is 0 Å². The first-order valence-electron chi connectivity index (χ1n) is 11.4. The van der Waals surface area contributed by atoms with Crippen LogP contribution in [0.5, 0.6) is 5.75 Å². The molecule has 0 aromatic heterocycles. The Labute approximate surface area is 208 Å². The standard InChI is InChI=1S/C25H29N5O6/c1-36-19-9-7-16(8-10-19)20(15-21(31)32)30-14-13-29(24(34)25(30)35)12-2-11-28-23(33)18-5-3-17(4-6-18)22(26)27/h3-10,20H,2,11-15H2,1H3,(H3,26,27)(H,28,33)(H,31,32). The number of carbonyl (C=O) groups excluding carboxylic acids is 3. The molecule has 2 aromatic rings. The Hall–Kier alpha value is -4.41. The summed E-state index contributed by atoms with van der Waals surface area (Å²) in [6.07, 6.45) is 0.109. The van der Waals surface area contributed by atoms with Crippen LogP contribution in [0.2, 0.25) is 0 Å². The number of hydrogen-bond acceptors (Lipinski definition) is 6. The molecule has 36 heavy (non-hydrogen) atoms. The van der Waals surface area contributed by atoms with Crippen LogP contribution < -0.4 is 15.8 Å². The van der Waals surface area contributed by atoms with Crippen molar-refractivity contribution < 1.29 is 29.0 Å². The molecule has 0 radical (unpaired) electrons. The predicted octanol–water partition coefficient (Wildman–Crippen LogP) is 0.986. The highest BCUT2D eigenvalue weighted by Gasteiger charge is 2.37. The Kier molecular flexibility index (Phi) is 8.61. The van der Waals surface area contributed by atoms with Crippen LogP contribution in [-0.2, 0) is 14.4 Å². The monoisotopic (exact) mass is 495 g/mol. The molecule has 1 aliphatic heterocycles. The van der Waals surface area contributed by atoms with Gasteiger partial charge in [0.15, 0.2) is 0 Å². The normalized spacial score (nSPS) is 14.4. The van der Waals surface area contributed by atoms with Gasteiger partial charge >= 0.3 is 17.8 Å². The van der Waals surface area contributed by atoms with Crippen LogP contribution in [0.4, 0.5) is 0 Å².